The first-order valence-corrected chi connectivity index (χ1v) is 3.46. The molecule has 1 heterocycles. The van der Waals surface area contributed by atoms with Gasteiger partial charge in [-0.05, 0) is 24.6 Å². The fourth-order valence-corrected chi connectivity index (χ4v) is 1.06. The summed E-state index contributed by atoms with van der Waals surface area (Å²) < 4.78 is 0. The number of thiol groups is 1. The van der Waals surface area contributed by atoms with E-state index in [9.17, 15) is 0 Å². The Morgan fingerprint density at radius 2 is 2.40 bits per heavy atom. The minimum atomic E-state index is 0.880. The molecule has 1 rings (SSSR count). The molecule has 0 fully saturated rings. The molecule has 0 aromatic carbocycles. The van der Waals surface area contributed by atoms with Gasteiger partial charge in [0.25, 0.3) is 0 Å². The lowest BCUT2D eigenvalue weighted by molar-refractivity contribution is 1.18. The molecule has 1 aromatic heterocycles. The lowest BCUT2D eigenvalue weighted by Gasteiger charge is -1.99. The predicted molar refractivity (Wildman–Crippen MR) is 46.2 cm³/mol. The van der Waals surface area contributed by atoms with E-state index in [2.05, 4.69) is 24.2 Å². The van der Waals surface area contributed by atoms with Gasteiger partial charge in [-0.1, -0.05) is 6.58 Å². The van der Waals surface area contributed by atoms with Gasteiger partial charge in [0.1, 0.15) is 0 Å². The number of aromatic nitrogens is 1. The molecule has 0 amide bonds. The van der Waals surface area contributed by atoms with E-state index in [0.717, 1.165) is 16.2 Å². The predicted octanol–water partition coefficient (Wildman–Crippen LogP) is 2.40. The quantitative estimate of drug-likeness (QED) is 0.608. The highest BCUT2D eigenvalue weighted by molar-refractivity contribution is 7.80. The zero-order valence-corrected chi connectivity index (χ0v) is 6.73. The minimum absolute atomic E-state index is 0.880. The summed E-state index contributed by atoms with van der Waals surface area (Å²) in [7, 11) is 0. The average molecular weight is 151 g/mol. The van der Waals surface area contributed by atoms with Gasteiger partial charge in [-0.25, -0.2) is 0 Å². The molecule has 52 valence electrons. The van der Waals surface area contributed by atoms with Crippen LogP contribution in [0.5, 0.6) is 0 Å². The highest BCUT2D eigenvalue weighted by atomic mass is 32.1. The Labute approximate surface area is 66.2 Å². The van der Waals surface area contributed by atoms with Crippen LogP contribution in [0, 0.1) is 0 Å². The number of pyridine rings is 1. The Morgan fingerprint density at radius 1 is 1.70 bits per heavy atom. The Kier molecular flexibility index (Phi) is 2.12. The van der Waals surface area contributed by atoms with E-state index in [4.69, 9.17) is 0 Å². The van der Waals surface area contributed by atoms with Gasteiger partial charge in [-0.2, -0.15) is 0 Å². The first-order valence-electron chi connectivity index (χ1n) is 3.01. The zero-order chi connectivity index (χ0) is 7.56. The van der Waals surface area contributed by atoms with E-state index in [1.165, 1.54) is 0 Å². The van der Waals surface area contributed by atoms with Crippen LogP contribution in [0.15, 0.2) is 29.8 Å². The van der Waals surface area contributed by atoms with Gasteiger partial charge in [-0.3, -0.25) is 4.98 Å². The summed E-state index contributed by atoms with van der Waals surface area (Å²) in [5, 5.41) is 0. The van der Waals surface area contributed by atoms with Crippen LogP contribution in [0.1, 0.15) is 12.6 Å². The van der Waals surface area contributed by atoms with E-state index in [1.807, 2.05) is 19.1 Å². The molecule has 0 saturated carbocycles. The summed E-state index contributed by atoms with van der Waals surface area (Å²) in [5.41, 5.74) is 1.83. The van der Waals surface area contributed by atoms with Crippen molar-refractivity contribution in [2.24, 2.45) is 0 Å². The maximum absolute atomic E-state index is 4.21. The standard InChI is InChI=1S/C8H9NS/c1-6(2)8-7(10)4-3-5-9-8/h3-5,10H,1H2,2H3. The lowest BCUT2D eigenvalue weighted by Crippen LogP contribution is -1.84. The van der Waals surface area contributed by atoms with Crippen molar-refractivity contribution in [3.05, 3.63) is 30.6 Å². The monoisotopic (exact) mass is 151 g/mol. The summed E-state index contributed by atoms with van der Waals surface area (Å²) in [6.07, 6.45) is 1.74. The molecular weight excluding hydrogens is 142 g/mol. The van der Waals surface area contributed by atoms with Gasteiger partial charge in [0.15, 0.2) is 0 Å². The lowest BCUT2D eigenvalue weighted by atomic mass is 10.2. The van der Waals surface area contributed by atoms with Crippen molar-refractivity contribution >= 4 is 18.2 Å². The van der Waals surface area contributed by atoms with Crippen molar-refractivity contribution in [1.82, 2.24) is 4.98 Å². The fraction of sp³-hybridized carbons (Fsp3) is 0.125. The van der Waals surface area contributed by atoms with E-state index >= 15 is 0 Å². The Balaban J connectivity index is 3.15. The summed E-state index contributed by atoms with van der Waals surface area (Å²) in [4.78, 5) is 4.99. The molecule has 10 heavy (non-hydrogen) atoms. The molecule has 0 radical (unpaired) electrons. The molecule has 0 N–H and O–H groups in total. The highest BCUT2D eigenvalue weighted by Crippen LogP contribution is 2.16. The second-order valence-corrected chi connectivity index (χ2v) is 2.63. The number of hydrogen-bond acceptors (Lipinski definition) is 2. The second-order valence-electron chi connectivity index (χ2n) is 2.15. The first-order chi connectivity index (χ1) is 4.72. The third-order valence-electron chi connectivity index (χ3n) is 1.19. The Hall–Kier alpha value is -0.760. The van der Waals surface area contributed by atoms with Crippen LogP contribution in [-0.2, 0) is 0 Å². The molecular formula is C8H9NS. The first kappa shape index (κ1) is 7.35. The van der Waals surface area contributed by atoms with Gasteiger partial charge < -0.3 is 0 Å². The van der Waals surface area contributed by atoms with Gasteiger partial charge >= 0.3 is 0 Å². The summed E-state index contributed by atoms with van der Waals surface area (Å²) in [6, 6.07) is 3.76. The summed E-state index contributed by atoms with van der Waals surface area (Å²) in [6.45, 7) is 5.69. The summed E-state index contributed by atoms with van der Waals surface area (Å²) >= 11 is 4.21. The Morgan fingerprint density at radius 3 is 2.80 bits per heavy atom. The second kappa shape index (κ2) is 2.88. The number of allylic oxidation sites excluding steroid dienone is 1. The molecule has 0 unspecified atom stereocenters. The topological polar surface area (TPSA) is 12.9 Å². The van der Waals surface area contributed by atoms with Crippen LogP contribution in [0.4, 0.5) is 0 Å². The molecule has 2 heteroatoms. The van der Waals surface area contributed by atoms with E-state index in [-0.39, 0.29) is 0 Å². The van der Waals surface area contributed by atoms with Crippen molar-refractivity contribution in [2.75, 3.05) is 0 Å². The van der Waals surface area contributed by atoms with E-state index in [1.54, 1.807) is 6.20 Å². The molecule has 0 aliphatic heterocycles. The third-order valence-corrected chi connectivity index (χ3v) is 1.55. The Bertz CT molecular complexity index is 255. The maximum atomic E-state index is 4.21. The van der Waals surface area contributed by atoms with Gasteiger partial charge in [0.05, 0.1) is 5.69 Å². The van der Waals surface area contributed by atoms with Crippen LogP contribution < -0.4 is 0 Å². The molecule has 0 bridgehead atoms. The van der Waals surface area contributed by atoms with Gasteiger partial charge in [-0.15, -0.1) is 12.6 Å². The van der Waals surface area contributed by atoms with E-state index < -0.39 is 0 Å². The van der Waals surface area contributed by atoms with Crippen molar-refractivity contribution in [3.8, 4) is 0 Å². The molecule has 0 aliphatic rings. The van der Waals surface area contributed by atoms with Crippen LogP contribution in [-0.4, -0.2) is 4.98 Å². The number of hydrogen-bond donors (Lipinski definition) is 1. The third kappa shape index (κ3) is 1.39. The van der Waals surface area contributed by atoms with Crippen molar-refractivity contribution in [3.63, 3.8) is 0 Å². The van der Waals surface area contributed by atoms with Gasteiger partial charge in [0.2, 0.25) is 0 Å². The average Bonchev–Trinajstić information content (AvgIpc) is 1.88. The largest absolute Gasteiger partial charge is 0.255 e. The van der Waals surface area contributed by atoms with Crippen molar-refractivity contribution in [2.45, 2.75) is 11.8 Å². The molecule has 1 nitrogen and oxygen atoms in total. The number of rotatable bonds is 1. The van der Waals surface area contributed by atoms with Crippen LogP contribution in [0.2, 0.25) is 0 Å². The molecule has 1 aromatic rings. The molecule has 0 spiro atoms. The normalized spacial score (nSPS) is 9.40. The maximum Gasteiger partial charge on any atom is 0.0786 e. The van der Waals surface area contributed by atoms with Crippen molar-refractivity contribution in [1.29, 1.82) is 0 Å². The van der Waals surface area contributed by atoms with Crippen molar-refractivity contribution < 1.29 is 0 Å². The van der Waals surface area contributed by atoms with Crippen LogP contribution in [0.25, 0.3) is 5.57 Å². The molecule has 0 atom stereocenters. The molecule has 0 saturated heterocycles. The fourth-order valence-electron chi connectivity index (χ4n) is 0.726. The SMILES string of the molecule is C=C(C)c1ncccc1S. The van der Waals surface area contributed by atoms with Crippen LogP contribution >= 0.6 is 12.6 Å². The molecule has 0 aliphatic carbocycles. The highest BCUT2D eigenvalue weighted by Gasteiger charge is 1.97. The van der Waals surface area contributed by atoms with E-state index in [0.29, 0.717) is 0 Å². The number of nitrogens with zero attached hydrogens (tertiary/aromatic N) is 1. The smallest absolute Gasteiger partial charge is 0.0786 e. The van der Waals surface area contributed by atoms with Crippen LogP contribution in [0.3, 0.4) is 0 Å². The summed E-state index contributed by atoms with van der Waals surface area (Å²) in [5.74, 6) is 0. The minimum Gasteiger partial charge on any atom is -0.255 e. The zero-order valence-electron chi connectivity index (χ0n) is 5.83. The van der Waals surface area contributed by atoms with Gasteiger partial charge in [0, 0.05) is 11.1 Å².